The molecule has 4 rings (SSSR count). The van der Waals surface area contributed by atoms with Gasteiger partial charge in [0.15, 0.2) is 0 Å². The number of piperidine rings is 1. The molecule has 1 aromatic heterocycles. The fourth-order valence-electron chi connectivity index (χ4n) is 3.73. The van der Waals surface area contributed by atoms with Gasteiger partial charge in [-0.1, -0.05) is 29.8 Å². The number of nitrogens with zero attached hydrogens (tertiary/aromatic N) is 4. The SMILES string of the molecule is Cn1nc(C2CCCN(S(=O)(=O)c3ccc(F)c(Cl)c3)C2)n(-c2ccccc2)c1=O. The molecule has 0 spiro atoms. The molecule has 1 saturated heterocycles. The van der Waals surface area contributed by atoms with Gasteiger partial charge < -0.3 is 0 Å². The van der Waals surface area contributed by atoms with Crippen molar-refractivity contribution in [2.75, 3.05) is 13.1 Å². The van der Waals surface area contributed by atoms with Crippen molar-refractivity contribution in [2.45, 2.75) is 23.7 Å². The van der Waals surface area contributed by atoms with Crippen LogP contribution in [0.2, 0.25) is 5.02 Å². The Morgan fingerprint density at radius 1 is 1.17 bits per heavy atom. The Balaban J connectivity index is 1.69. The summed E-state index contributed by atoms with van der Waals surface area (Å²) < 4.78 is 43.8. The zero-order chi connectivity index (χ0) is 21.5. The van der Waals surface area contributed by atoms with Crippen molar-refractivity contribution < 1.29 is 12.8 Å². The van der Waals surface area contributed by atoms with Gasteiger partial charge in [-0.05, 0) is 43.2 Å². The molecule has 7 nitrogen and oxygen atoms in total. The van der Waals surface area contributed by atoms with Gasteiger partial charge in [-0.2, -0.15) is 9.40 Å². The number of aromatic nitrogens is 3. The Labute approximate surface area is 178 Å². The number of para-hydroxylation sites is 1. The van der Waals surface area contributed by atoms with E-state index in [1.165, 1.54) is 19.6 Å². The quantitative estimate of drug-likeness (QED) is 0.612. The summed E-state index contributed by atoms with van der Waals surface area (Å²) in [5.41, 5.74) is 0.386. The van der Waals surface area contributed by atoms with Gasteiger partial charge >= 0.3 is 5.69 Å². The lowest BCUT2D eigenvalue weighted by molar-refractivity contribution is 0.307. The van der Waals surface area contributed by atoms with E-state index in [4.69, 9.17) is 11.6 Å². The predicted octanol–water partition coefficient (Wildman–Crippen LogP) is 2.93. The summed E-state index contributed by atoms with van der Waals surface area (Å²) in [7, 11) is -2.29. The third kappa shape index (κ3) is 3.68. The van der Waals surface area contributed by atoms with Gasteiger partial charge in [0.2, 0.25) is 10.0 Å². The highest BCUT2D eigenvalue weighted by atomic mass is 35.5. The predicted molar refractivity (Wildman–Crippen MR) is 111 cm³/mol. The van der Waals surface area contributed by atoms with Crippen LogP contribution in [0.3, 0.4) is 0 Å². The van der Waals surface area contributed by atoms with Crippen LogP contribution in [0.4, 0.5) is 4.39 Å². The Bertz CT molecular complexity index is 1240. The first-order valence-electron chi connectivity index (χ1n) is 9.45. The van der Waals surface area contributed by atoms with E-state index < -0.39 is 15.8 Å². The van der Waals surface area contributed by atoms with Crippen LogP contribution in [0.15, 0.2) is 58.2 Å². The highest BCUT2D eigenvalue weighted by Crippen LogP contribution is 2.31. The number of aryl methyl sites for hydroxylation is 1. The second-order valence-electron chi connectivity index (χ2n) is 7.21. The van der Waals surface area contributed by atoms with Crippen molar-refractivity contribution in [1.29, 1.82) is 0 Å². The van der Waals surface area contributed by atoms with E-state index in [0.29, 0.717) is 30.9 Å². The van der Waals surface area contributed by atoms with E-state index in [0.717, 1.165) is 12.1 Å². The number of sulfonamides is 1. The van der Waals surface area contributed by atoms with Crippen LogP contribution in [-0.2, 0) is 17.1 Å². The Morgan fingerprint density at radius 3 is 2.60 bits per heavy atom. The molecule has 10 heteroatoms. The van der Waals surface area contributed by atoms with Crippen molar-refractivity contribution >= 4 is 21.6 Å². The van der Waals surface area contributed by atoms with Crippen LogP contribution in [0.1, 0.15) is 24.6 Å². The van der Waals surface area contributed by atoms with E-state index in [9.17, 15) is 17.6 Å². The molecule has 158 valence electrons. The van der Waals surface area contributed by atoms with Crippen LogP contribution in [-0.4, -0.2) is 40.2 Å². The van der Waals surface area contributed by atoms with Gasteiger partial charge in [-0.3, -0.25) is 0 Å². The normalized spacial score (nSPS) is 17.9. The third-order valence-electron chi connectivity index (χ3n) is 5.24. The maximum Gasteiger partial charge on any atom is 0.350 e. The minimum Gasteiger partial charge on any atom is -0.247 e. The van der Waals surface area contributed by atoms with E-state index in [-0.39, 0.29) is 28.1 Å². The van der Waals surface area contributed by atoms with Crippen molar-refractivity contribution in [1.82, 2.24) is 18.7 Å². The number of benzene rings is 2. The zero-order valence-corrected chi connectivity index (χ0v) is 17.8. The molecule has 1 atom stereocenters. The average Bonchev–Trinajstić information content (AvgIpc) is 3.05. The maximum absolute atomic E-state index is 13.5. The number of hydrogen-bond acceptors (Lipinski definition) is 4. The molecule has 0 radical (unpaired) electrons. The lowest BCUT2D eigenvalue weighted by Crippen LogP contribution is -2.40. The first-order chi connectivity index (χ1) is 14.3. The highest BCUT2D eigenvalue weighted by molar-refractivity contribution is 7.89. The first kappa shape index (κ1) is 20.8. The second-order valence-corrected chi connectivity index (χ2v) is 9.56. The van der Waals surface area contributed by atoms with Gasteiger partial charge in [0.05, 0.1) is 15.6 Å². The first-order valence-corrected chi connectivity index (χ1v) is 11.3. The molecule has 1 aliphatic rings. The lowest BCUT2D eigenvalue weighted by Gasteiger charge is -2.31. The van der Waals surface area contributed by atoms with Crippen molar-refractivity contribution in [2.24, 2.45) is 7.05 Å². The Kier molecular flexibility index (Phi) is 5.52. The molecule has 1 fully saturated rings. The van der Waals surface area contributed by atoms with Gasteiger partial charge in [-0.25, -0.2) is 26.9 Å². The number of halogens is 2. The van der Waals surface area contributed by atoms with E-state index in [2.05, 4.69) is 5.10 Å². The fourth-order valence-corrected chi connectivity index (χ4v) is 5.52. The average molecular weight is 451 g/mol. The molecule has 30 heavy (non-hydrogen) atoms. The minimum absolute atomic E-state index is 0.0592. The van der Waals surface area contributed by atoms with Crippen LogP contribution in [0, 0.1) is 5.82 Å². The van der Waals surface area contributed by atoms with Crippen LogP contribution >= 0.6 is 11.6 Å². The third-order valence-corrected chi connectivity index (χ3v) is 7.39. The molecule has 0 amide bonds. The van der Waals surface area contributed by atoms with Gasteiger partial charge in [0.1, 0.15) is 11.6 Å². The van der Waals surface area contributed by atoms with Gasteiger partial charge in [0.25, 0.3) is 0 Å². The topological polar surface area (TPSA) is 77.2 Å². The summed E-state index contributed by atoms with van der Waals surface area (Å²) in [4.78, 5) is 12.6. The monoisotopic (exact) mass is 450 g/mol. The fraction of sp³-hybridized carbons (Fsp3) is 0.300. The van der Waals surface area contributed by atoms with Crippen molar-refractivity contribution in [3.63, 3.8) is 0 Å². The summed E-state index contributed by atoms with van der Waals surface area (Å²) in [5, 5.41) is 4.16. The second kappa shape index (κ2) is 7.98. The maximum atomic E-state index is 13.5. The van der Waals surface area contributed by atoms with Crippen LogP contribution < -0.4 is 5.69 Å². The van der Waals surface area contributed by atoms with E-state index in [1.54, 1.807) is 7.05 Å². The van der Waals surface area contributed by atoms with Crippen molar-refractivity contribution in [3.8, 4) is 5.69 Å². The Hall–Kier alpha value is -2.49. The molecular formula is C20H20ClFN4O3S. The summed E-state index contributed by atoms with van der Waals surface area (Å²) in [5.74, 6) is -0.420. The van der Waals surface area contributed by atoms with E-state index in [1.807, 2.05) is 30.3 Å². The van der Waals surface area contributed by atoms with Gasteiger partial charge in [-0.15, -0.1) is 0 Å². The largest absolute Gasteiger partial charge is 0.350 e. The van der Waals surface area contributed by atoms with E-state index >= 15 is 0 Å². The zero-order valence-electron chi connectivity index (χ0n) is 16.2. The molecule has 1 unspecified atom stereocenters. The lowest BCUT2D eigenvalue weighted by atomic mass is 9.98. The molecule has 0 bridgehead atoms. The Morgan fingerprint density at radius 2 is 1.90 bits per heavy atom. The molecule has 2 heterocycles. The van der Waals surface area contributed by atoms with Crippen LogP contribution in [0.25, 0.3) is 5.69 Å². The number of hydrogen-bond donors (Lipinski definition) is 0. The smallest absolute Gasteiger partial charge is 0.247 e. The molecular weight excluding hydrogens is 431 g/mol. The standard InChI is InChI=1S/C20H20ClFN4O3S/c1-24-20(27)26(15-7-3-2-4-8-15)19(23-24)14-6-5-11-25(13-14)30(28,29)16-9-10-18(22)17(21)12-16/h2-4,7-10,12,14H,5-6,11,13H2,1H3. The van der Waals surface area contributed by atoms with Crippen LogP contribution in [0.5, 0.6) is 0 Å². The molecule has 0 N–H and O–H groups in total. The van der Waals surface area contributed by atoms with Gasteiger partial charge in [0, 0.05) is 26.1 Å². The molecule has 0 saturated carbocycles. The summed E-state index contributed by atoms with van der Waals surface area (Å²) >= 11 is 5.78. The summed E-state index contributed by atoms with van der Waals surface area (Å²) in [6, 6.07) is 12.5. The molecule has 1 aliphatic heterocycles. The molecule has 2 aromatic carbocycles. The van der Waals surface area contributed by atoms with Crippen molar-refractivity contribution in [3.05, 3.63) is 75.7 Å². The number of rotatable bonds is 4. The highest BCUT2D eigenvalue weighted by Gasteiger charge is 2.34. The molecule has 0 aliphatic carbocycles. The summed E-state index contributed by atoms with van der Waals surface area (Å²) in [6.45, 7) is 0.497. The molecule has 3 aromatic rings. The minimum atomic E-state index is -3.86. The summed E-state index contributed by atoms with van der Waals surface area (Å²) in [6.07, 6.45) is 1.30.